The molecule has 32 heavy (non-hydrogen) atoms. The molecule has 0 atom stereocenters. The number of carbonyl (C=O) groups excluding carboxylic acids is 1. The fourth-order valence-electron chi connectivity index (χ4n) is 3.86. The van der Waals surface area contributed by atoms with Crippen molar-refractivity contribution in [2.24, 2.45) is 5.92 Å². The second kappa shape index (κ2) is 10.3. The first kappa shape index (κ1) is 21.8. The van der Waals surface area contributed by atoms with Crippen LogP contribution in [0.3, 0.4) is 0 Å². The lowest BCUT2D eigenvalue weighted by Gasteiger charge is -2.27. The summed E-state index contributed by atoms with van der Waals surface area (Å²) in [6.45, 7) is 4.69. The van der Waals surface area contributed by atoms with Gasteiger partial charge >= 0.3 is 12.0 Å². The van der Waals surface area contributed by atoms with Crippen molar-refractivity contribution >= 4 is 5.97 Å². The van der Waals surface area contributed by atoms with Crippen LogP contribution in [0, 0.1) is 5.92 Å². The van der Waals surface area contributed by atoms with Crippen molar-refractivity contribution in [2.45, 2.75) is 45.6 Å². The Morgan fingerprint density at radius 2 is 1.69 bits per heavy atom. The normalized spacial score (nSPS) is 18.2. The minimum atomic E-state index is -0.0857. The summed E-state index contributed by atoms with van der Waals surface area (Å²) in [4.78, 5) is 20.7. The van der Waals surface area contributed by atoms with Gasteiger partial charge in [-0.05, 0) is 51.2 Å². The van der Waals surface area contributed by atoms with Crippen LogP contribution < -0.4 is 9.47 Å². The zero-order valence-electron chi connectivity index (χ0n) is 18.4. The second-order valence-corrected chi connectivity index (χ2v) is 7.71. The highest BCUT2D eigenvalue weighted by Gasteiger charge is 2.28. The average molecular weight is 437 g/mol. The van der Waals surface area contributed by atoms with E-state index in [0.717, 1.165) is 42.4 Å². The zero-order chi connectivity index (χ0) is 22.3. The maximum atomic E-state index is 11.9. The van der Waals surface area contributed by atoms with Crippen molar-refractivity contribution in [3.05, 3.63) is 42.6 Å². The molecule has 8 nitrogen and oxygen atoms in total. The molecule has 2 aromatic heterocycles. The Labute approximate surface area is 187 Å². The number of pyridine rings is 1. The summed E-state index contributed by atoms with van der Waals surface area (Å²) in [5, 5.41) is 6.92. The van der Waals surface area contributed by atoms with E-state index in [9.17, 15) is 4.79 Å². The first-order valence-electron chi connectivity index (χ1n) is 11.1. The summed E-state index contributed by atoms with van der Waals surface area (Å²) in [6.07, 6.45) is 5.16. The van der Waals surface area contributed by atoms with Crippen molar-refractivity contribution in [3.8, 4) is 34.4 Å². The van der Waals surface area contributed by atoms with Crippen LogP contribution >= 0.6 is 0 Å². The van der Waals surface area contributed by atoms with E-state index in [2.05, 4.69) is 20.2 Å². The standard InChI is InChI=1S/C24H28N4O4/c1-3-30-23(29)18-9-12-20(13-10-18)32-21-14-11-19(15-25-21)16-5-7-17(8-6-16)22-26-24(28-27-22)31-4-2/h5-8,11,14-15,18,20H,3-4,9-10,12-13H2,1-2H3,(H,26,27,28). The molecule has 8 heteroatoms. The molecular formula is C24H28N4O4. The van der Waals surface area contributed by atoms with E-state index in [0.29, 0.717) is 30.9 Å². The molecule has 0 bridgehead atoms. The number of hydrogen-bond acceptors (Lipinski definition) is 7. The van der Waals surface area contributed by atoms with Crippen molar-refractivity contribution in [1.29, 1.82) is 0 Å². The minimum Gasteiger partial charge on any atom is -0.474 e. The third-order valence-corrected chi connectivity index (χ3v) is 5.55. The summed E-state index contributed by atoms with van der Waals surface area (Å²) < 4.78 is 16.5. The van der Waals surface area contributed by atoms with Crippen LogP contribution in [0.25, 0.3) is 22.5 Å². The zero-order valence-corrected chi connectivity index (χ0v) is 18.4. The number of nitrogens with one attached hydrogen (secondary N) is 1. The van der Waals surface area contributed by atoms with E-state index in [-0.39, 0.29) is 18.0 Å². The SMILES string of the molecule is CCOC(=O)C1CCC(Oc2ccc(-c3ccc(-c4nc(OCC)n[nH]4)cc3)cn2)CC1. The second-order valence-electron chi connectivity index (χ2n) is 7.71. The Morgan fingerprint density at radius 1 is 0.969 bits per heavy atom. The summed E-state index contributed by atoms with van der Waals surface area (Å²) in [5.41, 5.74) is 2.98. The van der Waals surface area contributed by atoms with Crippen LogP contribution in [0.5, 0.6) is 11.9 Å². The van der Waals surface area contributed by atoms with Gasteiger partial charge in [-0.1, -0.05) is 24.3 Å². The van der Waals surface area contributed by atoms with Crippen molar-refractivity contribution in [2.75, 3.05) is 13.2 Å². The molecule has 1 N–H and O–H groups in total. The van der Waals surface area contributed by atoms with E-state index < -0.39 is 0 Å². The largest absolute Gasteiger partial charge is 0.474 e. The number of carbonyl (C=O) groups is 1. The van der Waals surface area contributed by atoms with Gasteiger partial charge in [-0.2, -0.15) is 4.98 Å². The summed E-state index contributed by atoms with van der Waals surface area (Å²) >= 11 is 0. The van der Waals surface area contributed by atoms with Gasteiger partial charge in [0.15, 0.2) is 5.82 Å². The maximum absolute atomic E-state index is 11.9. The van der Waals surface area contributed by atoms with Gasteiger partial charge < -0.3 is 14.2 Å². The number of aromatic amines is 1. The molecule has 0 radical (unpaired) electrons. The lowest BCUT2D eigenvalue weighted by Crippen LogP contribution is -2.29. The number of ether oxygens (including phenoxy) is 3. The summed E-state index contributed by atoms with van der Waals surface area (Å²) in [6, 6.07) is 12.3. The molecule has 0 amide bonds. The van der Waals surface area contributed by atoms with Crippen LogP contribution in [0.4, 0.5) is 0 Å². The number of H-pyrrole nitrogens is 1. The lowest BCUT2D eigenvalue weighted by molar-refractivity contribution is -0.149. The molecule has 2 heterocycles. The van der Waals surface area contributed by atoms with Gasteiger partial charge in [-0.15, -0.1) is 5.10 Å². The molecule has 0 unspecified atom stereocenters. The molecule has 4 rings (SSSR count). The third-order valence-electron chi connectivity index (χ3n) is 5.55. The Hall–Kier alpha value is -3.42. The highest BCUT2D eigenvalue weighted by Crippen LogP contribution is 2.29. The molecular weight excluding hydrogens is 408 g/mol. The smallest absolute Gasteiger partial charge is 0.335 e. The molecule has 1 aliphatic carbocycles. The number of benzene rings is 1. The quantitative estimate of drug-likeness (QED) is 0.521. The van der Waals surface area contributed by atoms with Crippen LogP contribution in [0.1, 0.15) is 39.5 Å². The number of nitrogens with zero attached hydrogens (tertiary/aromatic N) is 3. The molecule has 1 aromatic carbocycles. The van der Waals surface area contributed by atoms with Gasteiger partial charge in [0.25, 0.3) is 0 Å². The van der Waals surface area contributed by atoms with Crippen LogP contribution in [0.2, 0.25) is 0 Å². The van der Waals surface area contributed by atoms with E-state index in [1.54, 1.807) is 0 Å². The van der Waals surface area contributed by atoms with Crippen LogP contribution in [0.15, 0.2) is 42.6 Å². The fraction of sp³-hybridized carbons (Fsp3) is 0.417. The Balaban J connectivity index is 1.33. The van der Waals surface area contributed by atoms with E-state index in [4.69, 9.17) is 14.2 Å². The highest BCUT2D eigenvalue weighted by molar-refractivity contribution is 5.72. The number of aromatic nitrogens is 4. The van der Waals surface area contributed by atoms with Crippen LogP contribution in [-0.2, 0) is 9.53 Å². The van der Waals surface area contributed by atoms with E-state index in [1.807, 2.05) is 56.4 Å². The number of rotatable bonds is 8. The highest BCUT2D eigenvalue weighted by atomic mass is 16.5. The van der Waals surface area contributed by atoms with Crippen molar-refractivity contribution in [1.82, 2.24) is 20.2 Å². The van der Waals surface area contributed by atoms with Crippen molar-refractivity contribution in [3.63, 3.8) is 0 Å². The molecule has 1 saturated carbocycles. The molecule has 1 fully saturated rings. The Bertz CT molecular complexity index is 1010. The number of hydrogen-bond donors (Lipinski definition) is 1. The maximum Gasteiger partial charge on any atom is 0.335 e. The van der Waals surface area contributed by atoms with Crippen LogP contribution in [-0.4, -0.2) is 45.5 Å². The van der Waals surface area contributed by atoms with E-state index >= 15 is 0 Å². The molecule has 0 aliphatic heterocycles. The Morgan fingerprint density at radius 3 is 2.34 bits per heavy atom. The molecule has 0 spiro atoms. The summed E-state index contributed by atoms with van der Waals surface area (Å²) in [5.74, 6) is 1.18. The monoisotopic (exact) mass is 436 g/mol. The average Bonchev–Trinajstić information content (AvgIpc) is 3.29. The summed E-state index contributed by atoms with van der Waals surface area (Å²) in [7, 11) is 0. The predicted molar refractivity (Wildman–Crippen MR) is 119 cm³/mol. The molecule has 1 aliphatic rings. The van der Waals surface area contributed by atoms with Gasteiger partial charge in [-0.25, -0.2) is 4.98 Å². The molecule has 3 aromatic rings. The first-order valence-corrected chi connectivity index (χ1v) is 11.1. The number of esters is 1. The lowest BCUT2D eigenvalue weighted by atomic mass is 9.87. The van der Waals surface area contributed by atoms with Gasteiger partial charge in [0, 0.05) is 23.4 Å². The van der Waals surface area contributed by atoms with Gasteiger partial charge in [0.05, 0.1) is 19.1 Å². The Kier molecular flexibility index (Phi) is 6.99. The van der Waals surface area contributed by atoms with Crippen molar-refractivity contribution < 1.29 is 19.0 Å². The first-order chi connectivity index (χ1) is 15.7. The molecule has 168 valence electrons. The predicted octanol–water partition coefficient (Wildman–Crippen LogP) is 4.43. The third kappa shape index (κ3) is 5.25. The molecule has 0 saturated heterocycles. The minimum absolute atomic E-state index is 0.00387. The van der Waals surface area contributed by atoms with Gasteiger partial charge in [0.1, 0.15) is 6.10 Å². The van der Waals surface area contributed by atoms with E-state index in [1.165, 1.54) is 0 Å². The van der Waals surface area contributed by atoms with Gasteiger partial charge in [-0.3, -0.25) is 9.89 Å². The fourth-order valence-corrected chi connectivity index (χ4v) is 3.86. The van der Waals surface area contributed by atoms with Gasteiger partial charge in [0.2, 0.25) is 5.88 Å². The topological polar surface area (TPSA) is 99.2 Å².